The fraction of sp³-hybridized carbons (Fsp3) is 0.417. The Morgan fingerprint density at radius 3 is 3.27 bits per heavy atom. The highest BCUT2D eigenvalue weighted by atomic mass is 15.0. The lowest BCUT2D eigenvalue weighted by Gasteiger charge is -2.17. The van der Waals surface area contributed by atoms with Crippen molar-refractivity contribution in [2.45, 2.75) is 26.2 Å². The molecule has 1 unspecified atom stereocenters. The summed E-state index contributed by atoms with van der Waals surface area (Å²) in [4.78, 5) is 4.63. The first-order valence-corrected chi connectivity index (χ1v) is 5.50. The minimum Gasteiger partial charge on any atom is -0.396 e. The molecule has 2 N–H and O–H groups in total. The van der Waals surface area contributed by atoms with Gasteiger partial charge in [-0.1, -0.05) is 6.92 Å². The van der Waals surface area contributed by atoms with Crippen molar-refractivity contribution in [1.82, 2.24) is 9.38 Å². The van der Waals surface area contributed by atoms with Crippen molar-refractivity contribution < 1.29 is 0 Å². The second kappa shape index (κ2) is 2.99. The van der Waals surface area contributed by atoms with E-state index in [1.165, 1.54) is 17.8 Å². The van der Waals surface area contributed by atoms with Gasteiger partial charge in [0.25, 0.3) is 0 Å². The molecule has 3 nitrogen and oxygen atoms in total. The molecule has 2 aromatic heterocycles. The second-order valence-corrected chi connectivity index (χ2v) is 4.51. The van der Waals surface area contributed by atoms with Gasteiger partial charge in [-0.3, -0.25) is 0 Å². The van der Waals surface area contributed by atoms with E-state index in [2.05, 4.69) is 22.5 Å². The summed E-state index contributed by atoms with van der Waals surface area (Å²) >= 11 is 0. The molecular weight excluding hydrogens is 186 g/mol. The van der Waals surface area contributed by atoms with Gasteiger partial charge in [-0.2, -0.15) is 0 Å². The minimum atomic E-state index is 0.763. The smallest absolute Gasteiger partial charge is 0.160 e. The van der Waals surface area contributed by atoms with Crippen LogP contribution in [0.3, 0.4) is 0 Å². The van der Waals surface area contributed by atoms with Crippen molar-refractivity contribution in [2.24, 2.45) is 5.92 Å². The van der Waals surface area contributed by atoms with Crippen molar-refractivity contribution in [3.63, 3.8) is 0 Å². The van der Waals surface area contributed by atoms with Crippen molar-refractivity contribution in [2.75, 3.05) is 5.73 Å². The Kier molecular flexibility index (Phi) is 1.75. The van der Waals surface area contributed by atoms with E-state index in [9.17, 15) is 0 Å². The lowest BCUT2D eigenvalue weighted by atomic mass is 9.91. The lowest BCUT2D eigenvalue weighted by Crippen LogP contribution is -2.12. The quantitative estimate of drug-likeness (QED) is 0.708. The molecule has 0 aliphatic heterocycles. The Morgan fingerprint density at radius 2 is 2.40 bits per heavy atom. The first-order chi connectivity index (χ1) is 7.25. The summed E-state index contributed by atoms with van der Waals surface area (Å²) < 4.78 is 2.15. The Labute approximate surface area is 88.9 Å². The third kappa shape index (κ3) is 1.23. The van der Waals surface area contributed by atoms with Gasteiger partial charge in [0.15, 0.2) is 5.65 Å². The molecule has 78 valence electrons. The topological polar surface area (TPSA) is 43.3 Å². The first-order valence-electron chi connectivity index (χ1n) is 5.50. The van der Waals surface area contributed by atoms with E-state index in [1.807, 2.05) is 12.1 Å². The fourth-order valence-corrected chi connectivity index (χ4v) is 2.42. The summed E-state index contributed by atoms with van der Waals surface area (Å²) in [5.74, 6) is 0.763. The average Bonchev–Trinajstić information content (AvgIpc) is 2.58. The first kappa shape index (κ1) is 8.77. The van der Waals surface area contributed by atoms with E-state index in [0.29, 0.717) is 0 Å². The van der Waals surface area contributed by atoms with Crippen LogP contribution in [-0.2, 0) is 12.8 Å². The maximum absolute atomic E-state index is 5.92. The van der Waals surface area contributed by atoms with Crippen LogP contribution in [0.1, 0.15) is 24.7 Å². The molecule has 3 heteroatoms. The van der Waals surface area contributed by atoms with Crippen LogP contribution in [0.5, 0.6) is 0 Å². The molecule has 1 aliphatic rings. The molecule has 1 aliphatic carbocycles. The number of pyridine rings is 1. The van der Waals surface area contributed by atoms with Gasteiger partial charge in [0.2, 0.25) is 0 Å². The van der Waals surface area contributed by atoms with E-state index >= 15 is 0 Å². The number of nitrogens with two attached hydrogens (primary N) is 1. The molecule has 0 amide bonds. The van der Waals surface area contributed by atoms with E-state index < -0.39 is 0 Å². The molecule has 0 radical (unpaired) electrons. The second-order valence-electron chi connectivity index (χ2n) is 4.51. The molecule has 0 spiro atoms. The largest absolute Gasteiger partial charge is 0.396 e. The SMILES string of the molecule is CC1CCc2nc3c(N)cccn3c2C1. The molecule has 0 bridgehead atoms. The standard InChI is InChI=1S/C12H15N3/c1-8-4-5-10-11(7-8)15-6-2-3-9(13)12(15)14-10/h2-3,6,8H,4-5,7,13H2,1H3. The van der Waals surface area contributed by atoms with Crippen molar-refractivity contribution >= 4 is 11.3 Å². The highest BCUT2D eigenvalue weighted by molar-refractivity contribution is 5.65. The maximum atomic E-state index is 5.92. The number of nitrogens with zero attached hydrogens (tertiary/aromatic N) is 2. The number of rotatable bonds is 0. The van der Waals surface area contributed by atoms with Gasteiger partial charge in [-0.05, 0) is 37.3 Å². The predicted molar refractivity (Wildman–Crippen MR) is 60.8 cm³/mol. The molecule has 0 saturated carbocycles. The predicted octanol–water partition coefficient (Wildman–Crippen LogP) is 2.04. The zero-order chi connectivity index (χ0) is 10.4. The Hall–Kier alpha value is -1.51. The summed E-state index contributed by atoms with van der Waals surface area (Å²) in [7, 11) is 0. The van der Waals surface area contributed by atoms with Crippen LogP contribution in [0.2, 0.25) is 0 Å². The summed E-state index contributed by atoms with van der Waals surface area (Å²) in [6.45, 7) is 2.30. The van der Waals surface area contributed by atoms with Crippen LogP contribution in [0.25, 0.3) is 5.65 Å². The van der Waals surface area contributed by atoms with E-state index in [4.69, 9.17) is 5.73 Å². The molecule has 0 saturated heterocycles. The number of anilines is 1. The Bertz CT molecular complexity index is 513. The zero-order valence-corrected chi connectivity index (χ0v) is 8.90. The molecule has 15 heavy (non-hydrogen) atoms. The van der Waals surface area contributed by atoms with Gasteiger partial charge in [0, 0.05) is 11.9 Å². The monoisotopic (exact) mass is 201 g/mol. The molecule has 3 rings (SSSR count). The number of nitrogen functional groups attached to an aromatic ring is 1. The number of fused-ring (bicyclic) bond motifs is 3. The summed E-state index contributed by atoms with van der Waals surface area (Å²) in [6, 6.07) is 3.90. The van der Waals surface area contributed by atoms with Crippen LogP contribution in [-0.4, -0.2) is 9.38 Å². The molecule has 2 aromatic rings. The van der Waals surface area contributed by atoms with Crippen molar-refractivity contribution in [1.29, 1.82) is 0 Å². The fourth-order valence-electron chi connectivity index (χ4n) is 2.42. The van der Waals surface area contributed by atoms with Gasteiger partial charge in [-0.15, -0.1) is 0 Å². The molecule has 0 fully saturated rings. The lowest BCUT2D eigenvalue weighted by molar-refractivity contribution is 0.488. The van der Waals surface area contributed by atoms with E-state index in [-0.39, 0.29) is 0 Å². The molecular formula is C12H15N3. The highest BCUT2D eigenvalue weighted by Gasteiger charge is 2.20. The van der Waals surface area contributed by atoms with Crippen LogP contribution in [0.4, 0.5) is 5.69 Å². The number of hydrogen-bond donors (Lipinski definition) is 1. The Morgan fingerprint density at radius 1 is 1.53 bits per heavy atom. The van der Waals surface area contributed by atoms with Gasteiger partial charge in [-0.25, -0.2) is 4.98 Å². The summed E-state index contributed by atoms with van der Waals surface area (Å²) in [5, 5.41) is 0. The molecule has 1 atom stereocenters. The van der Waals surface area contributed by atoms with E-state index in [0.717, 1.165) is 30.1 Å². The van der Waals surface area contributed by atoms with Gasteiger partial charge >= 0.3 is 0 Å². The van der Waals surface area contributed by atoms with Crippen LogP contribution >= 0.6 is 0 Å². The van der Waals surface area contributed by atoms with Gasteiger partial charge in [0.05, 0.1) is 11.4 Å². The zero-order valence-electron chi connectivity index (χ0n) is 8.90. The van der Waals surface area contributed by atoms with Crippen LogP contribution in [0.15, 0.2) is 18.3 Å². The highest BCUT2D eigenvalue weighted by Crippen LogP contribution is 2.27. The number of aromatic nitrogens is 2. The van der Waals surface area contributed by atoms with Crippen LogP contribution in [0, 0.1) is 5.92 Å². The van der Waals surface area contributed by atoms with Gasteiger partial charge in [0.1, 0.15) is 0 Å². The molecule has 0 aromatic carbocycles. The van der Waals surface area contributed by atoms with Crippen molar-refractivity contribution in [3.8, 4) is 0 Å². The van der Waals surface area contributed by atoms with E-state index in [1.54, 1.807) is 0 Å². The number of aryl methyl sites for hydroxylation is 1. The summed E-state index contributed by atoms with van der Waals surface area (Å²) in [5.41, 5.74) is 10.2. The summed E-state index contributed by atoms with van der Waals surface area (Å²) in [6.07, 6.45) is 5.53. The van der Waals surface area contributed by atoms with Crippen molar-refractivity contribution in [3.05, 3.63) is 29.7 Å². The van der Waals surface area contributed by atoms with Gasteiger partial charge < -0.3 is 10.1 Å². The molecule has 2 heterocycles. The normalized spacial score (nSPS) is 20.5. The third-order valence-electron chi connectivity index (χ3n) is 3.28. The maximum Gasteiger partial charge on any atom is 0.160 e. The number of hydrogen-bond acceptors (Lipinski definition) is 2. The Balaban J connectivity index is 2.29. The average molecular weight is 201 g/mol. The third-order valence-corrected chi connectivity index (χ3v) is 3.28. The minimum absolute atomic E-state index is 0.763. The van der Waals surface area contributed by atoms with Crippen LogP contribution < -0.4 is 5.73 Å². The number of imidazole rings is 1.